The Bertz CT molecular complexity index is 274. The van der Waals surface area contributed by atoms with Crippen LogP contribution in [0.1, 0.15) is 27.7 Å². The normalized spacial score (nSPS) is 15.3. The molecule has 15 heavy (non-hydrogen) atoms. The average molecular weight is 239 g/mol. The largest absolute Gasteiger partial charge is 0.395 e. The van der Waals surface area contributed by atoms with Gasteiger partial charge in [-0.15, -0.1) is 0 Å². The van der Waals surface area contributed by atoms with Crippen molar-refractivity contribution in [1.29, 1.82) is 0 Å². The van der Waals surface area contributed by atoms with Crippen molar-refractivity contribution in [2.24, 2.45) is 0 Å². The molecule has 0 amide bonds. The standard InChI is InChI=1S/C9H21NO4S/c1-5-14-9(3,4)7-10-15(12,13)8(2)6-11/h8,10-11H,5-7H2,1-4H3. The maximum absolute atomic E-state index is 11.5. The zero-order valence-corrected chi connectivity index (χ0v) is 10.6. The van der Waals surface area contributed by atoms with Crippen LogP contribution in [0.5, 0.6) is 0 Å². The summed E-state index contributed by atoms with van der Waals surface area (Å²) in [5.74, 6) is 0. The molecule has 0 aromatic carbocycles. The van der Waals surface area contributed by atoms with Crippen molar-refractivity contribution in [3.05, 3.63) is 0 Å². The van der Waals surface area contributed by atoms with Gasteiger partial charge in [0, 0.05) is 13.2 Å². The minimum Gasteiger partial charge on any atom is -0.395 e. The summed E-state index contributed by atoms with van der Waals surface area (Å²) in [5, 5.41) is 7.96. The Balaban J connectivity index is 4.27. The van der Waals surface area contributed by atoms with E-state index in [1.54, 1.807) is 0 Å². The molecule has 0 radical (unpaired) electrons. The molecule has 0 spiro atoms. The maximum Gasteiger partial charge on any atom is 0.216 e. The third kappa shape index (κ3) is 5.46. The van der Waals surface area contributed by atoms with E-state index in [0.717, 1.165) is 0 Å². The maximum atomic E-state index is 11.5. The molecule has 0 aliphatic carbocycles. The van der Waals surface area contributed by atoms with Gasteiger partial charge in [-0.05, 0) is 27.7 Å². The number of sulfonamides is 1. The third-order valence-corrected chi connectivity index (χ3v) is 3.78. The molecule has 0 fully saturated rings. The molecule has 0 aliphatic heterocycles. The zero-order valence-electron chi connectivity index (χ0n) is 9.78. The Labute approximate surface area is 91.9 Å². The molecule has 0 heterocycles. The van der Waals surface area contributed by atoms with Crippen molar-refractivity contribution in [3.8, 4) is 0 Å². The highest BCUT2D eigenvalue weighted by Gasteiger charge is 2.24. The van der Waals surface area contributed by atoms with Crippen molar-refractivity contribution in [1.82, 2.24) is 4.72 Å². The van der Waals surface area contributed by atoms with E-state index in [1.807, 2.05) is 20.8 Å². The minimum atomic E-state index is -3.44. The fourth-order valence-corrected chi connectivity index (χ4v) is 1.99. The van der Waals surface area contributed by atoms with Gasteiger partial charge in [0.15, 0.2) is 0 Å². The van der Waals surface area contributed by atoms with Crippen molar-refractivity contribution >= 4 is 10.0 Å². The first-order valence-electron chi connectivity index (χ1n) is 4.98. The molecule has 0 aromatic rings. The highest BCUT2D eigenvalue weighted by atomic mass is 32.2. The van der Waals surface area contributed by atoms with Crippen LogP contribution in [0.25, 0.3) is 0 Å². The molecule has 6 heteroatoms. The molecular formula is C9H21NO4S. The average Bonchev–Trinajstić information content (AvgIpc) is 2.14. The Kier molecular flexibility index (Phi) is 5.72. The molecule has 0 aromatic heterocycles. The molecular weight excluding hydrogens is 218 g/mol. The number of hydrogen-bond acceptors (Lipinski definition) is 4. The molecule has 5 nitrogen and oxygen atoms in total. The predicted octanol–water partition coefficient (Wildman–Crippen LogP) is 0.102. The highest BCUT2D eigenvalue weighted by molar-refractivity contribution is 7.90. The van der Waals surface area contributed by atoms with E-state index in [1.165, 1.54) is 6.92 Å². The van der Waals surface area contributed by atoms with Crippen LogP contribution in [0.15, 0.2) is 0 Å². The van der Waals surface area contributed by atoms with Crippen molar-refractivity contribution in [2.45, 2.75) is 38.5 Å². The van der Waals surface area contributed by atoms with E-state index in [0.29, 0.717) is 6.61 Å². The van der Waals surface area contributed by atoms with Gasteiger partial charge in [0.2, 0.25) is 10.0 Å². The first-order valence-corrected chi connectivity index (χ1v) is 6.53. The van der Waals surface area contributed by atoms with Crippen LogP contribution in [0.2, 0.25) is 0 Å². The predicted molar refractivity (Wildman–Crippen MR) is 59.2 cm³/mol. The number of hydrogen-bond donors (Lipinski definition) is 2. The molecule has 0 saturated heterocycles. The first-order chi connectivity index (χ1) is 6.75. The number of ether oxygens (including phenoxy) is 1. The number of aliphatic hydroxyl groups is 1. The summed E-state index contributed by atoms with van der Waals surface area (Å²) >= 11 is 0. The van der Waals surface area contributed by atoms with Gasteiger partial charge in [0.25, 0.3) is 0 Å². The lowest BCUT2D eigenvalue weighted by atomic mass is 10.1. The zero-order chi connectivity index (χ0) is 12.1. The summed E-state index contributed by atoms with van der Waals surface area (Å²) in [4.78, 5) is 0. The Morgan fingerprint density at radius 3 is 2.40 bits per heavy atom. The van der Waals surface area contributed by atoms with Gasteiger partial charge in [-0.1, -0.05) is 0 Å². The number of nitrogens with one attached hydrogen (secondary N) is 1. The highest BCUT2D eigenvalue weighted by Crippen LogP contribution is 2.08. The summed E-state index contributed by atoms with van der Waals surface area (Å²) in [6, 6.07) is 0. The van der Waals surface area contributed by atoms with Gasteiger partial charge in [0.1, 0.15) is 0 Å². The second kappa shape index (κ2) is 5.79. The van der Waals surface area contributed by atoms with Gasteiger partial charge in [-0.2, -0.15) is 0 Å². The summed E-state index contributed by atoms with van der Waals surface area (Å²) in [7, 11) is -3.44. The monoisotopic (exact) mass is 239 g/mol. The molecule has 0 bridgehead atoms. The topological polar surface area (TPSA) is 75.6 Å². The molecule has 92 valence electrons. The van der Waals surface area contributed by atoms with Crippen LogP contribution in [0, 0.1) is 0 Å². The van der Waals surface area contributed by atoms with E-state index >= 15 is 0 Å². The fourth-order valence-electron chi connectivity index (χ4n) is 0.957. The molecule has 0 aliphatic rings. The second-order valence-electron chi connectivity index (χ2n) is 4.05. The van der Waals surface area contributed by atoms with Crippen LogP contribution in [0.3, 0.4) is 0 Å². The van der Waals surface area contributed by atoms with Gasteiger partial charge < -0.3 is 9.84 Å². The SMILES string of the molecule is CCOC(C)(C)CNS(=O)(=O)C(C)CO. The van der Waals surface area contributed by atoms with Crippen LogP contribution >= 0.6 is 0 Å². The van der Waals surface area contributed by atoms with Gasteiger partial charge in [-0.3, -0.25) is 0 Å². The summed E-state index contributed by atoms with van der Waals surface area (Å²) in [6.45, 7) is 7.27. The van der Waals surface area contributed by atoms with E-state index in [4.69, 9.17) is 9.84 Å². The third-order valence-electron chi connectivity index (χ3n) is 2.02. The lowest BCUT2D eigenvalue weighted by molar-refractivity contribution is -0.00520. The quantitative estimate of drug-likeness (QED) is 0.661. The smallest absolute Gasteiger partial charge is 0.216 e. The van der Waals surface area contributed by atoms with Crippen molar-refractivity contribution in [2.75, 3.05) is 19.8 Å². The number of aliphatic hydroxyl groups excluding tert-OH is 1. The van der Waals surface area contributed by atoms with E-state index in [-0.39, 0.29) is 13.2 Å². The Morgan fingerprint density at radius 2 is 2.00 bits per heavy atom. The van der Waals surface area contributed by atoms with Crippen LogP contribution in [-0.4, -0.2) is 44.1 Å². The summed E-state index contributed by atoms with van der Waals surface area (Å²) < 4.78 is 30.7. The lowest BCUT2D eigenvalue weighted by Crippen LogP contribution is -2.44. The summed E-state index contributed by atoms with van der Waals surface area (Å²) in [6.07, 6.45) is 0. The first kappa shape index (κ1) is 14.8. The van der Waals surface area contributed by atoms with Crippen molar-refractivity contribution < 1.29 is 18.3 Å². The van der Waals surface area contributed by atoms with Gasteiger partial charge in [-0.25, -0.2) is 13.1 Å². The fraction of sp³-hybridized carbons (Fsp3) is 1.00. The van der Waals surface area contributed by atoms with Crippen LogP contribution in [-0.2, 0) is 14.8 Å². The minimum absolute atomic E-state index is 0.202. The van der Waals surface area contributed by atoms with E-state index in [9.17, 15) is 8.42 Å². The van der Waals surface area contributed by atoms with Crippen LogP contribution < -0.4 is 4.72 Å². The van der Waals surface area contributed by atoms with E-state index in [2.05, 4.69) is 4.72 Å². The second-order valence-corrected chi connectivity index (χ2v) is 6.24. The molecule has 1 atom stereocenters. The molecule has 1 unspecified atom stereocenters. The van der Waals surface area contributed by atoms with Gasteiger partial charge in [0.05, 0.1) is 17.5 Å². The van der Waals surface area contributed by atoms with Gasteiger partial charge >= 0.3 is 0 Å². The summed E-state index contributed by atoms with van der Waals surface area (Å²) in [5.41, 5.74) is -0.531. The molecule has 2 N–H and O–H groups in total. The Hall–Kier alpha value is -0.170. The molecule has 0 saturated carbocycles. The number of rotatable bonds is 7. The molecule has 0 rings (SSSR count). The van der Waals surface area contributed by atoms with Crippen LogP contribution in [0.4, 0.5) is 0 Å². The Morgan fingerprint density at radius 1 is 1.47 bits per heavy atom. The van der Waals surface area contributed by atoms with E-state index < -0.39 is 20.9 Å². The van der Waals surface area contributed by atoms with Crippen molar-refractivity contribution in [3.63, 3.8) is 0 Å². The lowest BCUT2D eigenvalue weighted by Gasteiger charge is -2.25.